The van der Waals surface area contributed by atoms with Crippen molar-refractivity contribution >= 4 is 28.3 Å². The predicted octanol–water partition coefficient (Wildman–Crippen LogP) is 3.88. The molecule has 0 atom stereocenters. The Kier molecular flexibility index (Phi) is 4.44. The highest BCUT2D eigenvalue weighted by Gasteiger charge is 2.22. The molecule has 3 aromatic rings. The van der Waals surface area contributed by atoms with E-state index < -0.39 is 22.3 Å². The number of halogens is 1. The Morgan fingerprint density at radius 3 is 2.80 bits per heavy atom. The third kappa shape index (κ3) is 3.20. The highest BCUT2D eigenvalue weighted by molar-refractivity contribution is 6.06. The molecule has 1 amide bonds. The third-order valence-electron chi connectivity index (χ3n) is 3.59. The molecule has 7 nitrogen and oxygen atoms in total. The van der Waals surface area contributed by atoms with Gasteiger partial charge in [0.15, 0.2) is 5.76 Å². The van der Waals surface area contributed by atoms with Crippen molar-refractivity contribution in [2.45, 2.75) is 6.61 Å². The van der Waals surface area contributed by atoms with Gasteiger partial charge in [-0.3, -0.25) is 14.9 Å². The second kappa shape index (κ2) is 6.70. The summed E-state index contributed by atoms with van der Waals surface area (Å²) in [4.78, 5) is 22.5. The molecule has 1 aromatic heterocycles. The summed E-state index contributed by atoms with van der Waals surface area (Å²) < 4.78 is 24.1. The van der Waals surface area contributed by atoms with Gasteiger partial charge in [-0.05, 0) is 18.2 Å². The molecule has 0 fully saturated rings. The molecule has 2 aromatic carbocycles. The first kappa shape index (κ1) is 16.6. The van der Waals surface area contributed by atoms with E-state index >= 15 is 0 Å². The van der Waals surface area contributed by atoms with Gasteiger partial charge in [0.25, 0.3) is 5.91 Å². The number of nitro benzene ring substituents is 1. The molecule has 0 radical (unpaired) electrons. The number of benzene rings is 2. The number of rotatable bonds is 5. The number of carbonyl (C=O) groups excluding carboxylic acids is 1. The van der Waals surface area contributed by atoms with Crippen LogP contribution in [0, 0.1) is 15.9 Å². The Bertz CT molecular complexity index is 967. The van der Waals surface area contributed by atoms with Crippen molar-refractivity contribution < 1.29 is 23.3 Å². The van der Waals surface area contributed by atoms with Gasteiger partial charge in [-0.2, -0.15) is 4.39 Å². The Morgan fingerprint density at radius 2 is 2.08 bits per heavy atom. The summed E-state index contributed by atoms with van der Waals surface area (Å²) in [5, 5.41) is 14.0. The van der Waals surface area contributed by atoms with E-state index in [1.807, 2.05) is 6.07 Å². The summed E-state index contributed by atoms with van der Waals surface area (Å²) in [5.74, 6) is -1.55. The monoisotopic (exact) mass is 344 g/mol. The van der Waals surface area contributed by atoms with Crippen molar-refractivity contribution in [3.05, 3.63) is 69.7 Å². The molecule has 0 saturated carbocycles. The van der Waals surface area contributed by atoms with Crippen LogP contribution in [0.25, 0.3) is 11.0 Å². The lowest BCUT2D eigenvalue weighted by molar-refractivity contribution is -0.387. The van der Waals surface area contributed by atoms with Crippen molar-refractivity contribution in [1.29, 1.82) is 0 Å². The molecule has 0 aliphatic rings. The number of hydrogen-bond acceptors (Lipinski definition) is 5. The number of carbonyl (C=O) groups is 1. The average Bonchev–Trinajstić information content (AvgIpc) is 2.96. The van der Waals surface area contributed by atoms with Crippen LogP contribution in [-0.4, -0.2) is 17.9 Å². The normalized spacial score (nSPS) is 10.8. The number of nitrogens with one attached hydrogen (secondary N) is 1. The first-order valence-electron chi connectivity index (χ1n) is 7.26. The lowest BCUT2D eigenvalue weighted by Crippen LogP contribution is -2.13. The number of nitrogens with zero attached hydrogens (tertiary/aromatic N) is 1. The van der Waals surface area contributed by atoms with Crippen molar-refractivity contribution in [1.82, 2.24) is 0 Å². The Labute approximate surface area is 141 Å². The zero-order valence-electron chi connectivity index (χ0n) is 13.1. The van der Waals surface area contributed by atoms with Crippen molar-refractivity contribution in [3.63, 3.8) is 0 Å². The van der Waals surface area contributed by atoms with E-state index in [9.17, 15) is 19.3 Å². The van der Waals surface area contributed by atoms with Crippen LogP contribution in [0.15, 0.2) is 46.9 Å². The van der Waals surface area contributed by atoms with Crippen LogP contribution < -0.4 is 5.32 Å². The van der Waals surface area contributed by atoms with Gasteiger partial charge in [0.2, 0.25) is 5.82 Å². The number of anilines is 1. The number of para-hydroxylation sites is 1. The van der Waals surface area contributed by atoms with E-state index in [4.69, 9.17) is 9.15 Å². The zero-order chi connectivity index (χ0) is 18.0. The van der Waals surface area contributed by atoms with Gasteiger partial charge >= 0.3 is 5.69 Å². The maximum absolute atomic E-state index is 13.4. The topological polar surface area (TPSA) is 94.6 Å². The van der Waals surface area contributed by atoms with E-state index in [1.54, 1.807) is 18.2 Å². The van der Waals surface area contributed by atoms with Gasteiger partial charge in [0.05, 0.1) is 11.5 Å². The number of ether oxygens (including phenoxy) is 1. The molecule has 3 rings (SSSR count). The molecule has 0 bridgehead atoms. The first-order valence-corrected chi connectivity index (χ1v) is 7.26. The number of amides is 1. The van der Waals surface area contributed by atoms with Gasteiger partial charge in [-0.15, -0.1) is 0 Å². The van der Waals surface area contributed by atoms with Gasteiger partial charge < -0.3 is 14.5 Å². The van der Waals surface area contributed by atoms with Gasteiger partial charge in [0.1, 0.15) is 5.58 Å². The second-order valence-corrected chi connectivity index (χ2v) is 5.22. The van der Waals surface area contributed by atoms with E-state index in [1.165, 1.54) is 13.2 Å². The molecule has 25 heavy (non-hydrogen) atoms. The Hall–Kier alpha value is -3.26. The summed E-state index contributed by atoms with van der Waals surface area (Å²) in [6.07, 6.45) is 0. The van der Waals surface area contributed by atoms with E-state index in [0.717, 1.165) is 17.5 Å². The van der Waals surface area contributed by atoms with E-state index in [-0.39, 0.29) is 18.1 Å². The molecule has 0 unspecified atom stereocenters. The van der Waals surface area contributed by atoms with Crippen molar-refractivity contribution in [2.24, 2.45) is 0 Å². The average molecular weight is 344 g/mol. The molecular formula is C17H13FN2O5. The molecule has 8 heteroatoms. The van der Waals surface area contributed by atoms with Crippen molar-refractivity contribution in [3.8, 4) is 0 Å². The van der Waals surface area contributed by atoms with Crippen LogP contribution in [0.1, 0.15) is 16.1 Å². The Morgan fingerprint density at radius 1 is 1.32 bits per heavy atom. The summed E-state index contributed by atoms with van der Waals surface area (Å²) in [5.41, 5.74) is 0.443. The highest BCUT2D eigenvalue weighted by Crippen LogP contribution is 2.28. The second-order valence-electron chi connectivity index (χ2n) is 5.22. The Balaban J connectivity index is 1.96. The minimum Gasteiger partial charge on any atom is -0.451 e. The minimum absolute atomic E-state index is 0.0371. The maximum atomic E-state index is 13.4. The van der Waals surface area contributed by atoms with Gasteiger partial charge in [-0.1, -0.05) is 18.2 Å². The number of hydrogen-bond donors (Lipinski definition) is 1. The molecular weight excluding hydrogens is 331 g/mol. The standard InChI is InChI=1S/C17H13FN2O5/c1-24-9-12-11-4-2-3-5-15(11)25-16(12)17(21)19-10-6-7-13(18)14(8-10)20(22)23/h2-8H,9H2,1H3,(H,19,21). The van der Waals surface area contributed by atoms with Crippen LogP contribution >= 0.6 is 0 Å². The molecule has 1 N–H and O–H groups in total. The SMILES string of the molecule is COCc1c(C(=O)Nc2ccc(F)c([N+](=O)[O-])c2)oc2ccccc12. The summed E-state index contributed by atoms with van der Waals surface area (Å²) >= 11 is 0. The first-order chi connectivity index (χ1) is 12.0. The quantitative estimate of drug-likeness (QED) is 0.560. The fourth-order valence-electron chi connectivity index (χ4n) is 2.49. The predicted molar refractivity (Wildman–Crippen MR) is 87.9 cm³/mol. The minimum atomic E-state index is -0.980. The lowest BCUT2D eigenvalue weighted by atomic mass is 10.1. The largest absolute Gasteiger partial charge is 0.451 e. The van der Waals surface area contributed by atoms with Gasteiger partial charge in [-0.25, -0.2) is 0 Å². The van der Waals surface area contributed by atoms with E-state index in [2.05, 4.69) is 5.32 Å². The van der Waals surface area contributed by atoms with E-state index in [0.29, 0.717) is 11.1 Å². The number of furan rings is 1. The molecule has 0 aliphatic heterocycles. The fraction of sp³-hybridized carbons (Fsp3) is 0.118. The maximum Gasteiger partial charge on any atom is 0.306 e. The number of methoxy groups -OCH3 is 1. The molecule has 0 spiro atoms. The number of fused-ring (bicyclic) bond motifs is 1. The van der Waals surface area contributed by atoms with Crippen molar-refractivity contribution in [2.75, 3.05) is 12.4 Å². The lowest BCUT2D eigenvalue weighted by Gasteiger charge is -2.05. The molecule has 0 aliphatic carbocycles. The third-order valence-corrected chi connectivity index (χ3v) is 3.59. The highest BCUT2D eigenvalue weighted by atomic mass is 19.1. The van der Waals surface area contributed by atoms with Crippen LogP contribution in [0.5, 0.6) is 0 Å². The summed E-state index contributed by atoms with van der Waals surface area (Å²) in [6.45, 7) is 0.156. The zero-order valence-corrected chi connectivity index (χ0v) is 13.1. The summed E-state index contributed by atoms with van der Waals surface area (Å²) in [6, 6.07) is 10.2. The molecule has 128 valence electrons. The van der Waals surface area contributed by atoms with Crippen LogP contribution in [0.3, 0.4) is 0 Å². The smallest absolute Gasteiger partial charge is 0.306 e. The van der Waals surface area contributed by atoms with Crippen LogP contribution in [0.4, 0.5) is 15.8 Å². The molecule has 0 saturated heterocycles. The summed E-state index contributed by atoms with van der Waals surface area (Å²) in [7, 11) is 1.49. The number of nitro groups is 1. The fourth-order valence-corrected chi connectivity index (χ4v) is 2.49. The molecule has 1 heterocycles. The van der Waals surface area contributed by atoms with Crippen LogP contribution in [-0.2, 0) is 11.3 Å². The van der Waals surface area contributed by atoms with Gasteiger partial charge in [0, 0.05) is 29.8 Å². The van der Waals surface area contributed by atoms with Crippen LogP contribution in [0.2, 0.25) is 0 Å².